The summed E-state index contributed by atoms with van der Waals surface area (Å²) in [6.45, 7) is 0. The van der Waals surface area contributed by atoms with Crippen molar-refractivity contribution in [1.29, 1.82) is 0 Å². The third kappa shape index (κ3) is 3.18. The molecule has 0 atom stereocenters. The van der Waals surface area contributed by atoms with Crippen molar-refractivity contribution in [3.05, 3.63) is 78.4 Å². The second-order valence-electron chi connectivity index (χ2n) is 4.78. The molecule has 0 saturated carbocycles. The number of nitro benzene ring substituents is 1. The van der Waals surface area contributed by atoms with Crippen molar-refractivity contribution in [2.24, 2.45) is 0 Å². The average Bonchev–Trinajstić information content (AvgIpc) is 2.50. The number of nitrogens with zero attached hydrogens (tertiary/aromatic N) is 2. The Morgan fingerprint density at radius 3 is 2.61 bits per heavy atom. The van der Waals surface area contributed by atoms with Crippen LogP contribution in [0, 0.1) is 10.1 Å². The minimum Gasteiger partial charge on any atom is -0.408 e. The lowest BCUT2D eigenvalue weighted by molar-refractivity contribution is -0.384. The predicted molar refractivity (Wildman–Crippen MR) is 86.2 cm³/mol. The molecule has 0 aliphatic heterocycles. The summed E-state index contributed by atoms with van der Waals surface area (Å²) in [5, 5.41) is 11.8. The van der Waals surface area contributed by atoms with Crippen molar-refractivity contribution in [1.82, 2.24) is 4.98 Å². The Morgan fingerprint density at radius 2 is 1.91 bits per heavy atom. The van der Waals surface area contributed by atoms with Crippen LogP contribution in [0.25, 0.3) is 10.9 Å². The largest absolute Gasteiger partial charge is 0.408 e. The van der Waals surface area contributed by atoms with Crippen LogP contribution in [-0.4, -0.2) is 9.91 Å². The molecule has 23 heavy (non-hydrogen) atoms. The van der Waals surface area contributed by atoms with E-state index in [1.165, 1.54) is 18.2 Å². The number of hydrogen-bond donors (Lipinski definition) is 0. The molecule has 2 aromatic carbocycles. The Kier molecular flexibility index (Phi) is 4.02. The topological polar surface area (TPSA) is 86.2 Å². The van der Waals surface area contributed by atoms with E-state index in [1.54, 1.807) is 18.2 Å². The van der Waals surface area contributed by atoms with Gasteiger partial charge in [0.25, 0.3) is 5.69 Å². The molecule has 0 fully saturated rings. The number of nitro groups is 1. The zero-order valence-corrected chi connectivity index (χ0v) is 13.0. The van der Waals surface area contributed by atoms with Crippen LogP contribution >= 0.6 is 23.2 Å². The van der Waals surface area contributed by atoms with Gasteiger partial charge < -0.3 is 4.42 Å². The monoisotopic (exact) mass is 350 g/mol. The molecule has 0 unspecified atom stereocenters. The number of hydrogen-bond acceptors (Lipinski definition) is 5. The molecule has 6 nitrogen and oxygen atoms in total. The van der Waals surface area contributed by atoms with E-state index in [9.17, 15) is 14.9 Å². The maximum atomic E-state index is 12.0. The number of benzene rings is 2. The van der Waals surface area contributed by atoms with Crippen LogP contribution in [0.3, 0.4) is 0 Å². The highest BCUT2D eigenvalue weighted by molar-refractivity contribution is 6.42. The lowest BCUT2D eigenvalue weighted by Crippen LogP contribution is -2.06. The summed E-state index contributed by atoms with van der Waals surface area (Å²) in [5.41, 5.74) is 0.224. The Balaban J connectivity index is 2.05. The van der Waals surface area contributed by atoms with E-state index >= 15 is 0 Å². The van der Waals surface area contributed by atoms with Crippen molar-refractivity contribution in [2.45, 2.75) is 6.42 Å². The number of halogens is 2. The number of aromatic nitrogens is 1. The van der Waals surface area contributed by atoms with Crippen LogP contribution in [-0.2, 0) is 6.42 Å². The van der Waals surface area contributed by atoms with Gasteiger partial charge in [0.1, 0.15) is 0 Å². The molecule has 0 aliphatic rings. The molecule has 0 amide bonds. The van der Waals surface area contributed by atoms with Gasteiger partial charge in [-0.15, -0.1) is 0 Å². The quantitative estimate of drug-likeness (QED) is 0.526. The lowest BCUT2D eigenvalue weighted by Gasteiger charge is -2.03. The highest BCUT2D eigenvalue weighted by Crippen LogP contribution is 2.24. The van der Waals surface area contributed by atoms with E-state index < -0.39 is 10.5 Å². The standard InChI is InChI=1S/C15H8Cl2N2O4/c16-11-4-1-8(5-12(11)17)6-14-18-13-7-9(19(21)22)2-3-10(13)15(20)23-14/h1-5,7H,6H2. The first-order valence-corrected chi connectivity index (χ1v) is 7.22. The summed E-state index contributed by atoms with van der Waals surface area (Å²) in [6, 6.07) is 8.80. The normalized spacial score (nSPS) is 10.9. The highest BCUT2D eigenvalue weighted by Gasteiger charge is 2.12. The number of rotatable bonds is 3. The van der Waals surface area contributed by atoms with E-state index in [0.717, 1.165) is 5.56 Å². The van der Waals surface area contributed by atoms with E-state index in [1.807, 2.05) is 0 Å². The van der Waals surface area contributed by atoms with Crippen molar-refractivity contribution < 1.29 is 9.34 Å². The molecule has 8 heteroatoms. The molecule has 116 valence electrons. The lowest BCUT2D eigenvalue weighted by atomic mass is 10.1. The maximum absolute atomic E-state index is 12.0. The van der Waals surface area contributed by atoms with Crippen LogP contribution in [0.15, 0.2) is 45.6 Å². The number of non-ortho nitro benzene ring substituents is 1. The minimum atomic E-state index is -0.597. The summed E-state index contributed by atoms with van der Waals surface area (Å²) in [6.07, 6.45) is 0.213. The highest BCUT2D eigenvalue weighted by atomic mass is 35.5. The van der Waals surface area contributed by atoms with Crippen molar-refractivity contribution in [3.63, 3.8) is 0 Å². The summed E-state index contributed by atoms with van der Waals surface area (Å²) < 4.78 is 5.15. The summed E-state index contributed by atoms with van der Waals surface area (Å²) >= 11 is 11.8. The van der Waals surface area contributed by atoms with Gasteiger partial charge >= 0.3 is 5.63 Å². The second kappa shape index (κ2) is 5.98. The van der Waals surface area contributed by atoms with Gasteiger partial charge in [0, 0.05) is 18.6 Å². The van der Waals surface area contributed by atoms with Gasteiger partial charge in [-0.25, -0.2) is 9.78 Å². The zero-order valence-electron chi connectivity index (χ0n) is 11.5. The smallest absolute Gasteiger partial charge is 0.346 e. The van der Waals surface area contributed by atoms with Gasteiger partial charge in [-0.1, -0.05) is 29.3 Å². The van der Waals surface area contributed by atoms with Gasteiger partial charge in [-0.2, -0.15) is 0 Å². The Hall–Kier alpha value is -2.44. The summed E-state index contributed by atoms with van der Waals surface area (Å²) in [4.78, 5) is 26.4. The molecule has 0 bridgehead atoms. The fourth-order valence-corrected chi connectivity index (χ4v) is 2.44. The first-order valence-electron chi connectivity index (χ1n) is 6.46. The van der Waals surface area contributed by atoms with Crippen LogP contribution in [0.4, 0.5) is 5.69 Å². The zero-order chi connectivity index (χ0) is 16.6. The van der Waals surface area contributed by atoms with Gasteiger partial charge in [-0.3, -0.25) is 10.1 Å². The van der Waals surface area contributed by atoms with E-state index in [-0.39, 0.29) is 28.9 Å². The van der Waals surface area contributed by atoms with Crippen molar-refractivity contribution in [3.8, 4) is 0 Å². The fourth-order valence-electron chi connectivity index (χ4n) is 2.12. The molecule has 3 rings (SSSR count). The third-order valence-electron chi connectivity index (χ3n) is 3.21. The summed E-state index contributed by atoms with van der Waals surface area (Å²) in [5.74, 6) is 0.140. The SMILES string of the molecule is O=c1oc(Cc2ccc(Cl)c(Cl)c2)nc2cc([N+](=O)[O-])ccc12. The third-order valence-corrected chi connectivity index (χ3v) is 3.95. The van der Waals surface area contributed by atoms with Gasteiger partial charge in [-0.05, 0) is 23.8 Å². The van der Waals surface area contributed by atoms with Crippen molar-refractivity contribution in [2.75, 3.05) is 0 Å². The molecule has 1 heterocycles. The van der Waals surface area contributed by atoms with Gasteiger partial charge in [0.15, 0.2) is 0 Å². The van der Waals surface area contributed by atoms with E-state index in [4.69, 9.17) is 27.6 Å². The van der Waals surface area contributed by atoms with Gasteiger partial charge in [0.2, 0.25) is 5.89 Å². The Bertz CT molecular complexity index is 985. The van der Waals surface area contributed by atoms with E-state index in [2.05, 4.69) is 4.98 Å². The average molecular weight is 351 g/mol. The predicted octanol–water partition coefficient (Wildman–Crippen LogP) is 3.99. The Morgan fingerprint density at radius 1 is 1.13 bits per heavy atom. The molecule has 0 radical (unpaired) electrons. The minimum absolute atomic E-state index is 0.140. The molecule has 0 spiro atoms. The fraction of sp³-hybridized carbons (Fsp3) is 0.0667. The first kappa shape index (κ1) is 15.5. The molecular formula is C15H8Cl2N2O4. The van der Waals surface area contributed by atoms with Crippen LogP contribution in [0.5, 0.6) is 0 Å². The first-order chi connectivity index (χ1) is 10.9. The van der Waals surface area contributed by atoms with Gasteiger partial charge in [0.05, 0.1) is 25.9 Å². The maximum Gasteiger partial charge on any atom is 0.346 e. The second-order valence-corrected chi connectivity index (χ2v) is 5.59. The van der Waals surface area contributed by atoms with Crippen LogP contribution in [0.2, 0.25) is 10.0 Å². The summed E-state index contributed by atoms with van der Waals surface area (Å²) in [7, 11) is 0. The molecule has 3 aromatic rings. The molecule has 0 N–H and O–H groups in total. The number of fused-ring (bicyclic) bond motifs is 1. The molecule has 0 aliphatic carbocycles. The Labute approximate surface area is 139 Å². The van der Waals surface area contributed by atoms with Crippen LogP contribution < -0.4 is 5.63 Å². The van der Waals surface area contributed by atoms with Crippen molar-refractivity contribution >= 4 is 39.8 Å². The van der Waals surface area contributed by atoms with Crippen LogP contribution in [0.1, 0.15) is 11.5 Å². The molecular weight excluding hydrogens is 343 g/mol. The van der Waals surface area contributed by atoms with E-state index in [0.29, 0.717) is 10.0 Å². The molecule has 0 saturated heterocycles. The molecule has 1 aromatic heterocycles.